The van der Waals surface area contributed by atoms with Crippen LogP contribution in [0.2, 0.25) is 0 Å². The zero-order valence-corrected chi connectivity index (χ0v) is 8.28. The van der Waals surface area contributed by atoms with Crippen molar-refractivity contribution in [3.63, 3.8) is 0 Å². The Labute approximate surface area is 82.5 Å². The van der Waals surface area contributed by atoms with Crippen molar-refractivity contribution in [3.05, 3.63) is 23.4 Å². The van der Waals surface area contributed by atoms with E-state index >= 15 is 0 Å². The van der Waals surface area contributed by atoms with Crippen LogP contribution in [-0.4, -0.2) is 22.7 Å². The number of carboxylic acid groups (broad SMARTS) is 1. The molecule has 0 aliphatic heterocycles. The molecule has 4 heteroatoms. The van der Waals surface area contributed by atoms with Crippen LogP contribution in [0, 0.1) is 6.92 Å². The van der Waals surface area contributed by atoms with Crippen LogP contribution in [0.5, 0.6) is 5.88 Å². The van der Waals surface area contributed by atoms with Crippen LogP contribution in [0.3, 0.4) is 0 Å². The molecule has 1 N–H and O–H groups in total. The second kappa shape index (κ2) is 4.60. The maximum atomic E-state index is 10.7. The molecule has 0 aliphatic rings. The second-order valence-corrected chi connectivity index (χ2v) is 2.94. The number of aromatic carboxylic acids is 1. The van der Waals surface area contributed by atoms with Crippen molar-refractivity contribution in [1.29, 1.82) is 0 Å². The lowest BCUT2D eigenvalue weighted by Gasteiger charge is -2.05. The molecule has 0 amide bonds. The molecule has 1 heterocycles. The summed E-state index contributed by atoms with van der Waals surface area (Å²) in [5.41, 5.74) is 0.694. The summed E-state index contributed by atoms with van der Waals surface area (Å²) in [5.74, 6) is -0.480. The van der Waals surface area contributed by atoms with Crippen molar-refractivity contribution in [2.24, 2.45) is 0 Å². The number of carboxylic acids is 1. The molecule has 1 aromatic heterocycles. The Morgan fingerprint density at radius 1 is 1.57 bits per heavy atom. The second-order valence-electron chi connectivity index (χ2n) is 2.94. The Balaban J connectivity index is 2.83. The maximum absolute atomic E-state index is 10.7. The summed E-state index contributed by atoms with van der Waals surface area (Å²) >= 11 is 0. The number of nitrogens with zero attached hydrogens (tertiary/aromatic N) is 1. The van der Waals surface area contributed by atoms with Gasteiger partial charge in [-0.05, 0) is 19.4 Å². The summed E-state index contributed by atoms with van der Waals surface area (Å²) in [5, 5.41) is 8.75. The van der Waals surface area contributed by atoms with E-state index in [1.807, 2.05) is 6.92 Å². The van der Waals surface area contributed by atoms with Gasteiger partial charge in [-0.1, -0.05) is 6.92 Å². The zero-order valence-electron chi connectivity index (χ0n) is 8.28. The molecule has 1 rings (SSSR count). The van der Waals surface area contributed by atoms with E-state index in [1.165, 1.54) is 6.07 Å². The Morgan fingerprint density at radius 3 is 2.79 bits per heavy atom. The standard InChI is InChI=1S/C10H13NO3/c1-3-6-14-9-5-4-8(10(12)13)7(2)11-9/h4-5H,3,6H2,1-2H3,(H,12,13). The third-order valence-corrected chi connectivity index (χ3v) is 1.74. The quantitative estimate of drug-likeness (QED) is 0.796. The van der Waals surface area contributed by atoms with Gasteiger partial charge in [-0.2, -0.15) is 0 Å². The number of rotatable bonds is 4. The van der Waals surface area contributed by atoms with E-state index in [0.29, 0.717) is 18.2 Å². The number of aromatic nitrogens is 1. The van der Waals surface area contributed by atoms with Gasteiger partial charge in [-0.15, -0.1) is 0 Å². The molecule has 0 aromatic carbocycles. The van der Waals surface area contributed by atoms with E-state index in [-0.39, 0.29) is 5.56 Å². The predicted octanol–water partition coefficient (Wildman–Crippen LogP) is 1.88. The van der Waals surface area contributed by atoms with E-state index in [9.17, 15) is 4.79 Å². The van der Waals surface area contributed by atoms with Crippen LogP contribution in [0.15, 0.2) is 12.1 Å². The molecule has 0 bridgehead atoms. The molecule has 0 saturated heterocycles. The summed E-state index contributed by atoms with van der Waals surface area (Å²) < 4.78 is 5.27. The highest BCUT2D eigenvalue weighted by Crippen LogP contribution is 2.12. The molecule has 4 nitrogen and oxygen atoms in total. The monoisotopic (exact) mass is 195 g/mol. The van der Waals surface area contributed by atoms with E-state index in [0.717, 1.165) is 6.42 Å². The van der Waals surface area contributed by atoms with Gasteiger partial charge in [-0.25, -0.2) is 9.78 Å². The fraction of sp³-hybridized carbons (Fsp3) is 0.400. The number of aryl methyl sites for hydroxylation is 1. The van der Waals surface area contributed by atoms with Gasteiger partial charge in [0.15, 0.2) is 0 Å². The summed E-state index contributed by atoms with van der Waals surface area (Å²) in [4.78, 5) is 14.7. The first-order valence-electron chi connectivity index (χ1n) is 4.49. The van der Waals surface area contributed by atoms with E-state index in [4.69, 9.17) is 9.84 Å². The first-order valence-corrected chi connectivity index (χ1v) is 4.49. The molecule has 0 fully saturated rings. The lowest BCUT2D eigenvalue weighted by Crippen LogP contribution is -2.04. The summed E-state index contributed by atoms with van der Waals surface area (Å²) in [6, 6.07) is 3.09. The molecular weight excluding hydrogens is 182 g/mol. The van der Waals surface area contributed by atoms with Crippen molar-refractivity contribution < 1.29 is 14.6 Å². The molecular formula is C10H13NO3. The molecule has 0 radical (unpaired) electrons. The van der Waals surface area contributed by atoms with Crippen LogP contribution < -0.4 is 4.74 Å². The van der Waals surface area contributed by atoms with Gasteiger partial charge in [0.05, 0.1) is 17.9 Å². The van der Waals surface area contributed by atoms with Crippen molar-refractivity contribution in [3.8, 4) is 5.88 Å². The van der Waals surface area contributed by atoms with Gasteiger partial charge < -0.3 is 9.84 Å². The average molecular weight is 195 g/mol. The van der Waals surface area contributed by atoms with Crippen molar-refractivity contribution in [1.82, 2.24) is 4.98 Å². The Bertz CT molecular complexity index is 336. The van der Waals surface area contributed by atoms with Crippen LogP contribution in [0.1, 0.15) is 29.4 Å². The van der Waals surface area contributed by atoms with Crippen LogP contribution in [-0.2, 0) is 0 Å². The van der Waals surface area contributed by atoms with Crippen molar-refractivity contribution >= 4 is 5.97 Å². The maximum Gasteiger partial charge on any atom is 0.337 e. The highest BCUT2D eigenvalue weighted by Gasteiger charge is 2.08. The lowest BCUT2D eigenvalue weighted by atomic mass is 10.2. The number of carbonyl (C=O) groups is 1. The summed E-state index contributed by atoms with van der Waals surface area (Å²) in [6.45, 7) is 4.25. The molecule has 76 valence electrons. The Hall–Kier alpha value is -1.58. The molecule has 0 atom stereocenters. The first-order chi connectivity index (χ1) is 6.65. The average Bonchev–Trinajstić information content (AvgIpc) is 2.14. The zero-order chi connectivity index (χ0) is 10.6. The Morgan fingerprint density at radius 2 is 2.29 bits per heavy atom. The van der Waals surface area contributed by atoms with E-state index in [2.05, 4.69) is 4.98 Å². The Kier molecular flexibility index (Phi) is 3.45. The third-order valence-electron chi connectivity index (χ3n) is 1.74. The normalized spacial score (nSPS) is 9.86. The van der Waals surface area contributed by atoms with Crippen molar-refractivity contribution in [2.75, 3.05) is 6.61 Å². The molecule has 14 heavy (non-hydrogen) atoms. The minimum atomic E-state index is -0.961. The third kappa shape index (κ3) is 2.45. The SMILES string of the molecule is CCCOc1ccc(C(=O)O)c(C)n1. The lowest BCUT2D eigenvalue weighted by molar-refractivity contribution is 0.0695. The van der Waals surface area contributed by atoms with E-state index < -0.39 is 5.97 Å². The molecule has 0 spiro atoms. The molecule has 0 saturated carbocycles. The largest absolute Gasteiger partial charge is 0.478 e. The molecule has 0 unspecified atom stereocenters. The molecule has 1 aromatic rings. The first kappa shape index (κ1) is 10.5. The van der Waals surface area contributed by atoms with Crippen LogP contribution in [0.25, 0.3) is 0 Å². The van der Waals surface area contributed by atoms with Gasteiger partial charge in [-0.3, -0.25) is 0 Å². The number of pyridine rings is 1. The molecule has 0 aliphatic carbocycles. The van der Waals surface area contributed by atoms with Gasteiger partial charge in [0.2, 0.25) is 5.88 Å². The minimum Gasteiger partial charge on any atom is -0.478 e. The van der Waals surface area contributed by atoms with Crippen molar-refractivity contribution in [2.45, 2.75) is 20.3 Å². The predicted molar refractivity (Wildman–Crippen MR) is 51.7 cm³/mol. The fourth-order valence-corrected chi connectivity index (χ4v) is 1.05. The van der Waals surface area contributed by atoms with E-state index in [1.54, 1.807) is 13.0 Å². The number of ether oxygens (including phenoxy) is 1. The van der Waals surface area contributed by atoms with Gasteiger partial charge in [0.1, 0.15) is 0 Å². The summed E-state index contributed by atoms with van der Waals surface area (Å²) in [6.07, 6.45) is 0.904. The van der Waals surface area contributed by atoms with Gasteiger partial charge in [0.25, 0.3) is 0 Å². The number of hydrogen-bond acceptors (Lipinski definition) is 3. The topological polar surface area (TPSA) is 59.4 Å². The van der Waals surface area contributed by atoms with Crippen LogP contribution >= 0.6 is 0 Å². The number of hydrogen-bond donors (Lipinski definition) is 1. The summed E-state index contributed by atoms with van der Waals surface area (Å²) in [7, 11) is 0. The highest BCUT2D eigenvalue weighted by molar-refractivity contribution is 5.88. The van der Waals surface area contributed by atoms with Gasteiger partial charge in [0, 0.05) is 6.07 Å². The highest BCUT2D eigenvalue weighted by atomic mass is 16.5. The van der Waals surface area contributed by atoms with Gasteiger partial charge >= 0.3 is 5.97 Å². The van der Waals surface area contributed by atoms with Crippen LogP contribution in [0.4, 0.5) is 0 Å². The smallest absolute Gasteiger partial charge is 0.337 e. The minimum absolute atomic E-state index is 0.217. The fourth-order valence-electron chi connectivity index (χ4n) is 1.05.